The van der Waals surface area contributed by atoms with Crippen LogP contribution in [0, 0.1) is 5.82 Å². The fraction of sp³-hybridized carbons (Fsp3) is 0.200. The van der Waals surface area contributed by atoms with Gasteiger partial charge in [-0.3, -0.25) is 4.79 Å². The Bertz CT molecular complexity index is 1040. The standard InChI is InChI=1S/C25H22FNO4/c26-22-9-5-19(6-10-22)24(28)20-7-11-23(12-8-20)31-25(29)21-3-1-18(2-4-21)17-27-13-15-30-16-14-27/h1-12H,13-17H2/p+1. The Labute approximate surface area is 180 Å². The zero-order valence-corrected chi connectivity index (χ0v) is 17.0. The highest BCUT2D eigenvalue weighted by Gasteiger charge is 2.15. The molecule has 3 aromatic rings. The van der Waals surface area contributed by atoms with Crippen molar-refractivity contribution < 1.29 is 28.4 Å². The number of hydrogen-bond acceptors (Lipinski definition) is 4. The number of morpholine rings is 1. The van der Waals surface area contributed by atoms with Crippen LogP contribution in [0.5, 0.6) is 5.75 Å². The van der Waals surface area contributed by atoms with Crippen molar-refractivity contribution in [3.05, 3.63) is 101 Å². The van der Waals surface area contributed by atoms with Crippen LogP contribution in [-0.2, 0) is 11.3 Å². The summed E-state index contributed by atoms with van der Waals surface area (Å²) in [6.45, 7) is 4.46. The number of nitrogens with one attached hydrogen (secondary N) is 1. The fourth-order valence-electron chi connectivity index (χ4n) is 3.49. The van der Waals surface area contributed by atoms with E-state index in [4.69, 9.17) is 9.47 Å². The molecule has 1 saturated heterocycles. The maximum Gasteiger partial charge on any atom is 0.343 e. The van der Waals surface area contributed by atoms with Crippen molar-refractivity contribution in [3.8, 4) is 5.75 Å². The second-order valence-corrected chi connectivity index (χ2v) is 7.49. The van der Waals surface area contributed by atoms with Gasteiger partial charge in [0.25, 0.3) is 0 Å². The Balaban J connectivity index is 1.35. The summed E-state index contributed by atoms with van der Waals surface area (Å²) in [4.78, 5) is 26.4. The summed E-state index contributed by atoms with van der Waals surface area (Å²) >= 11 is 0. The molecule has 1 aliphatic heterocycles. The van der Waals surface area contributed by atoms with Crippen molar-refractivity contribution in [2.24, 2.45) is 0 Å². The number of carbonyl (C=O) groups excluding carboxylic acids is 2. The van der Waals surface area contributed by atoms with Gasteiger partial charge in [-0.25, -0.2) is 9.18 Å². The molecular weight excluding hydrogens is 397 g/mol. The average molecular weight is 420 g/mol. The van der Waals surface area contributed by atoms with E-state index < -0.39 is 11.8 Å². The Morgan fingerprint density at radius 2 is 1.35 bits per heavy atom. The predicted molar refractivity (Wildman–Crippen MR) is 113 cm³/mol. The number of quaternary nitrogens is 1. The van der Waals surface area contributed by atoms with Crippen molar-refractivity contribution in [3.63, 3.8) is 0 Å². The molecule has 0 bridgehead atoms. The minimum absolute atomic E-state index is 0.226. The van der Waals surface area contributed by atoms with E-state index in [9.17, 15) is 14.0 Å². The van der Waals surface area contributed by atoms with E-state index in [1.165, 1.54) is 29.2 Å². The summed E-state index contributed by atoms with van der Waals surface area (Å²) in [6.07, 6.45) is 0. The molecule has 0 unspecified atom stereocenters. The molecule has 1 aliphatic rings. The first-order valence-corrected chi connectivity index (χ1v) is 10.2. The van der Waals surface area contributed by atoms with E-state index in [0.717, 1.165) is 38.4 Å². The lowest BCUT2D eigenvalue weighted by atomic mass is 10.0. The summed E-state index contributed by atoms with van der Waals surface area (Å²) in [7, 11) is 0. The lowest BCUT2D eigenvalue weighted by molar-refractivity contribution is -0.921. The molecule has 1 N–H and O–H groups in total. The molecule has 0 spiro atoms. The van der Waals surface area contributed by atoms with Gasteiger partial charge in [0.1, 0.15) is 31.2 Å². The van der Waals surface area contributed by atoms with E-state index in [-0.39, 0.29) is 5.78 Å². The van der Waals surface area contributed by atoms with E-state index >= 15 is 0 Å². The minimum Gasteiger partial charge on any atom is -0.423 e. The van der Waals surface area contributed by atoms with Crippen LogP contribution in [0.15, 0.2) is 72.8 Å². The average Bonchev–Trinajstić information content (AvgIpc) is 2.81. The quantitative estimate of drug-likeness (QED) is 0.379. The first kappa shape index (κ1) is 20.9. The van der Waals surface area contributed by atoms with E-state index in [1.807, 2.05) is 12.1 Å². The van der Waals surface area contributed by atoms with Crippen LogP contribution in [0.2, 0.25) is 0 Å². The van der Waals surface area contributed by atoms with Crippen LogP contribution in [0.25, 0.3) is 0 Å². The molecule has 6 heteroatoms. The number of benzene rings is 3. The highest BCUT2D eigenvalue weighted by Crippen LogP contribution is 2.17. The molecule has 0 atom stereocenters. The van der Waals surface area contributed by atoms with Gasteiger partial charge in [0, 0.05) is 16.7 Å². The van der Waals surface area contributed by atoms with E-state index in [0.29, 0.717) is 22.4 Å². The summed E-state index contributed by atoms with van der Waals surface area (Å²) in [5, 5.41) is 0. The van der Waals surface area contributed by atoms with Gasteiger partial charge in [0.05, 0.1) is 18.8 Å². The molecule has 1 fully saturated rings. The van der Waals surface area contributed by atoms with Gasteiger partial charge in [-0.05, 0) is 60.7 Å². The Morgan fingerprint density at radius 3 is 1.97 bits per heavy atom. The number of halogens is 1. The third kappa shape index (κ3) is 5.42. The minimum atomic E-state index is -0.456. The highest BCUT2D eigenvalue weighted by atomic mass is 19.1. The molecule has 0 radical (unpaired) electrons. The van der Waals surface area contributed by atoms with Gasteiger partial charge in [-0.1, -0.05) is 12.1 Å². The third-order valence-electron chi connectivity index (χ3n) is 5.28. The number of carbonyl (C=O) groups is 2. The van der Waals surface area contributed by atoms with E-state index in [1.54, 1.807) is 36.4 Å². The van der Waals surface area contributed by atoms with Gasteiger partial charge >= 0.3 is 5.97 Å². The van der Waals surface area contributed by atoms with Crippen LogP contribution in [0.1, 0.15) is 31.8 Å². The largest absolute Gasteiger partial charge is 0.423 e. The summed E-state index contributed by atoms with van der Waals surface area (Å²) in [5.41, 5.74) is 2.45. The van der Waals surface area contributed by atoms with Gasteiger partial charge in [-0.15, -0.1) is 0 Å². The number of rotatable bonds is 6. The van der Waals surface area contributed by atoms with Crippen LogP contribution < -0.4 is 9.64 Å². The molecule has 1 heterocycles. The number of ether oxygens (including phenoxy) is 2. The van der Waals surface area contributed by atoms with E-state index in [2.05, 4.69) is 0 Å². The normalized spacial score (nSPS) is 14.2. The first-order chi connectivity index (χ1) is 15.1. The van der Waals surface area contributed by atoms with Crippen LogP contribution >= 0.6 is 0 Å². The van der Waals surface area contributed by atoms with Crippen molar-refractivity contribution in [2.75, 3.05) is 26.3 Å². The van der Waals surface area contributed by atoms with Crippen LogP contribution in [0.3, 0.4) is 0 Å². The van der Waals surface area contributed by atoms with Crippen molar-refractivity contribution in [2.45, 2.75) is 6.54 Å². The molecule has 4 rings (SSSR count). The molecule has 0 aromatic heterocycles. The molecule has 31 heavy (non-hydrogen) atoms. The maximum atomic E-state index is 13.0. The topological polar surface area (TPSA) is 57.0 Å². The second kappa shape index (κ2) is 9.64. The molecular formula is C25H23FNO4+. The molecule has 158 valence electrons. The number of ketones is 1. The monoisotopic (exact) mass is 420 g/mol. The smallest absolute Gasteiger partial charge is 0.343 e. The zero-order valence-electron chi connectivity index (χ0n) is 17.0. The van der Waals surface area contributed by atoms with Gasteiger partial charge in [-0.2, -0.15) is 0 Å². The van der Waals surface area contributed by atoms with Crippen LogP contribution in [0.4, 0.5) is 4.39 Å². The Morgan fingerprint density at radius 1 is 0.806 bits per heavy atom. The van der Waals surface area contributed by atoms with Crippen LogP contribution in [-0.4, -0.2) is 38.1 Å². The Kier molecular flexibility index (Phi) is 6.50. The third-order valence-corrected chi connectivity index (χ3v) is 5.28. The van der Waals surface area contributed by atoms with Crippen molar-refractivity contribution >= 4 is 11.8 Å². The predicted octanol–water partition coefficient (Wildman–Crippen LogP) is 2.69. The zero-order chi connectivity index (χ0) is 21.6. The molecule has 5 nitrogen and oxygen atoms in total. The Hall–Kier alpha value is -3.35. The van der Waals surface area contributed by atoms with Crippen molar-refractivity contribution in [1.29, 1.82) is 0 Å². The summed E-state index contributed by atoms with van der Waals surface area (Å²) < 4.78 is 23.8. The summed E-state index contributed by atoms with van der Waals surface area (Å²) in [6, 6.07) is 19.1. The van der Waals surface area contributed by atoms with Gasteiger partial charge < -0.3 is 14.4 Å². The van der Waals surface area contributed by atoms with Crippen molar-refractivity contribution in [1.82, 2.24) is 0 Å². The van der Waals surface area contributed by atoms with Gasteiger partial charge in [0.2, 0.25) is 0 Å². The SMILES string of the molecule is O=C(Oc1ccc(C(=O)c2ccc(F)cc2)cc1)c1ccc(C[NH+]2CCOCC2)cc1. The lowest BCUT2D eigenvalue weighted by Gasteiger charge is -2.23. The fourth-order valence-corrected chi connectivity index (χ4v) is 3.49. The molecule has 0 aliphatic carbocycles. The number of hydrogen-bond donors (Lipinski definition) is 1. The molecule has 0 amide bonds. The first-order valence-electron chi connectivity index (χ1n) is 10.2. The lowest BCUT2D eigenvalue weighted by Crippen LogP contribution is -3.12. The highest BCUT2D eigenvalue weighted by molar-refractivity contribution is 6.09. The number of esters is 1. The summed E-state index contributed by atoms with van der Waals surface area (Å²) in [5.74, 6) is -0.726. The van der Waals surface area contributed by atoms with Gasteiger partial charge in [0.15, 0.2) is 5.78 Å². The molecule has 3 aromatic carbocycles. The molecule has 0 saturated carbocycles. The maximum absolute atomic E-state index is 13.0. The second-order valence-electron chi connectivity index (χ2n) is 7.49.